The number of nitrogens with one attached hydrogen (secondary N) is 2. The number of rotatable bonds is 11. The fourth-order valence-corrected chi connectivity index (χ4v) is 4.04. The van der Waals surface area contributed by atoms with Gasteiger partial charge in [-0.3, -0.25) is 9.59 Å². The summed E-state index contributed by atoms with van der Waals surface area (Å²) in [6.45, 7) is 13.5. The zero-order valence-corrected chi connectivity index (χ0v) is 25.2. The maximum atomic E-state index is 14.1. The topological polar surface area (TPSA) is 114 Å². The molecule has 0 saturated heterocycles. The molecule has 42 heavy (non-hydrogen) atoms. The SMILES string of the molecule is C#Cc1ccccc1C(C(=O)NC(Cc1ccccc1)C(=O)OC(C)(C)C)N(CC=C)C(=O)CNC(=O)OC(C)(C)C. The van der Waals surface area contributed by atoms with E-state index in [2.05, 4.69) is 23.1 Å². The lowest BCUT2D eigenvalue weighted by molar-refractivity contribution is -0.159. The summed E-state index contributed by atoms with van der Waals surface area (Å²) >= 11 is 0. The number of nitrogens with zero attached hydrogens (tertiary/aromatic N) is 1. The maximum Gasteiger partial charge on any atom is 0.408 e. The Bertz CT molecular complexity index is 1300. The standard InChI is InChI=1S/C33H41N3O6/c1-9-20-36(27(37)22-34-31(40)42-33(6,7)8)28(25-19-15-14-18-24(25)10-2)29(38)35-26(30(39)41-32(3,4)5)21-23-16-12-11-13-17-23/h2,9,11-19,26,28H,1,20-22H2,3-8H3,(H,34,40)(H,35,38). The van der Waals surface area contributed by atoms with Crippen LogP contribution >= 0.6 is 0 Å². The van der Waals surface area contributed by atoms with Crippen LogP contribution in [0, 0.1) is 12.3 Å². The Balaban J connectivity index is 2.49. The van der Waals surface area contributed by atoms with Gasteiger partial charge in [0.05, 0.1) is 0 Å². The van der Waals surface area contributed by atoms with Crippen molar-refractivity contribution in [2.75, 3.05) is 13.1 Å². The molecular weight excluding hydrogens is 534 g/mol. The first-order valence-corrected chi connectivity index (χ1v) is 13.6. The smallest absolute Gasteiger partial charge is 0.408 e. The van der Waals surface area contributed by atoms with Crippen LogP contribution in [0.5, 0.6) is 0 Å². The average molecular weight is 576 g/mol. The number of alkyl carbamates (subject to hydrolysis) is 1. The van der Waals surface area contributed by atoms with Crippen molar-refractivity contribution in [3.63, 3.8) is 0 Å². The number of hydrogen-bond acceptors (Lipinski definition) is 6. The summed E-state index contributed by atoms with van der Waals surface area (Å²) < 4.78 is 10.9. The molecule has 0 aliphatic carbocycles. The predicted molar refractivity (Wildman–Crippen MR) is 161 cm³/mol. The highest BCUT2D eigenvalue weighted by Gasteiger charge is 2.36. The zero-order chi connectivity index (χ0) is 31.5. The quantitative estimate of drug-likeness (QED) is 0.234. The van der Waals surface area contributed by atoms with E-state index < -0.39 is 53.7 Å². The van der Waals surface area contributed by atoms with Gasteiger partial charge < -0.3 is 25.0 Å². The van der Waals surface area contributed by atoms with Gasteiger partial charge in [0, 0.05) is 18.5 Å². The molecule has 0 saturated carbocycles. The van der Waals surface area contributed by atoms with Crippen molar-refractivity contribution in [3.05, 3.63) is 83.9 Å². The molecule has 0 heterocycles. The van der Waals surface area contributed by atoms with Gasteiger partial charge in [0.2, 0.25) is 11.8 Å². The third-order valence-electron chi connectivity index (χ3n) is 5.69. The van der Waals surface area contributed by atoms with E-state index in [0.29, 0.717) is 11.1 Å². The molecule has 2 atom stereocenters. The van der Waals surface area contributed by atoms with Crippen molar-refractivity contribution in [2.24, 2.45) is 0 Å². The fraction of sp³-hybridized carbons (Fsp3) is 0.394. The van der Waals surface area contributed by atoms with Crippen LogP contribution in [0.2, 0.25) is 0 Å². The minimum absolute atomic E-state index is 0.0540. The van der Waals surface area contributed by atoms with Crippen LogP contribution in [0.15, 0.2) is 67.3 Å². The van der Waals surface area contributed by atoms with E-state index in [0.717, 1.165) is 5.56 Å². The van der Waals surface area contributed by atoms with Crippen molar-refractivity contribution in [1.29, 1.82) is 0 Å². The minimum Gasteiger partial charge on any atom is -0.458 e. The second kappa shape index (κ2) is 14.9. The molecule has 9 heteroatoms. The summed E-state index contributed by atoms with van der Waals surface area (Å²) in [5.74, 6) is 0.688. The van der Waals surface area contributed by atoms with Crippen LogP contribution in [0.25, 0.3) is 0 Å². The van der Waals surface area contributed by atoms with Gasteiger partial charge in [0.1, 0.15) is 29.8 Å². The first-order valence-electron chi connectivity index (χ1n) is 13.6. The van der Waals surface area contributed by atoms with Gasteiger partial charge in [-0.1, -0.05) is 60.5 Å². The van der Waals surface area contributed by atoms with E-state index in [4.69, 9.17) is 15.9 Å². The molecule has 9 nitrogen and oxygen atoms in total. The first-order chi connectivity index (χ1) is 19.6. The lowest BCUT2D eigenvalue weighted by atomic mass is 9.97. The number of ether oxygens (including phenoxy) is 2. The second-order valence-corrected chi connectivity index (χ2v) is 11.6. The summed E-state index contributed by atoms with van der Waals surface area (Å²) in [6, 6.07) is 13.6. The monoisotopic (exact) mass is 575 g/mol. The van der Waals surface area contributed by atoms with Gasteiger partial charge in [-0.05, 0) is 58.7 Å². The molecule has 2 N–H and O–H groups in total. The average Bonchev–Trinajstić information content (AvgIpc) is 2.90. The third kappa shape index (κ3) is 10.8. The van der Waals surface area contributed by atoms with Crippen molar-refractivity contribution in [1.82, 2.24) is 15.5 Å². The number of benzene rings is 2. The Morgan fingerprint density at radius 3 is 2.12 bits per heavy atom. The lowest BCUT2D eigenvalue weighted by Gasteiger charge is -2.33. The van der Waals surface area contributed by atoms with Gasteiger partial charge >= 0.3 is 12.1 Å². The van der Waals surface area contributed by atoms with Crippen molar-refractivity contribution < 1.29 is 28.7 Å². The summed E-state index contributed by atoms with van der Waals surface area (Å²) in [6.07, 6.45) is 6.59. The molecule has 2 aromatic carbocycles. The van der Waals surface area contributed by atoms with Crippen LogP contribution in [-0.2, 0) is 30.3 Å². The van der Waals surface area contributed by atoms with E-state index in [1.54, 1.807) is 65.8 Å². The Kier molecular flexibility index (Phi) is 11.9. The number of hydrogen-bond donors (Lipinski definition) is 2. The van der Waals surface area contributed by atoms with Gasteiger partial charge in [-0.2, -0.15) is 0 Å². The summed E-state index contributed by atoms with van der Waals surface area (Å²) in [7, 11) is 0. The molecule has 0 bridgehead atoms. The summed E-state index contributed by atoms with van der Waals surface area (Å²) in [4.78, 5) is 54.4. The van der Waals surface area contributed by atoms with Crippen molar-refractivity contribution in [3.8, 4) is 12.3 Å². The molecule has 2 unspecified atom stereocenters. The molecule has 0 radical (unpaired) electrons. The lowest BCUT2D eigenvalue weighted by Crippen LogP contribution is -2.52. The number of carbonyl (C=O) groups excluding carboxylic acids is 4. The molecule has 3 amide bonds. The number of terminal acetylenes is 1. The minimum atomic E-state index is -1.26. The van der Waals surface area contributed by atoms with Crippen LogP contribution in [-0.4, -0.2) is 59.1 Å². The largest absolute Gasteiger partial charge is 0.458 e. The summed E-state index contributed by atoms with van der Waals surface area (Å²) in [5.41, 5.74) is -0.0130. The fourth-order valence-electron chi connectivity index (χ4n) is 4.04. The number of esters is 1. The Morgan fingerprint density at radius 2 is 1.55 bits per heavy atom. The molecule has 0 fully saturated rings. The second-order valence-electron chi connectivity index (χ2n) is 11.6. The van der Waals surface area contributed by atoms with Crippen molar-refractivity contribution >= 4 is 23.9 Å². The molecule has 2 rings (SSSR count). The van der Waals surface area contributed by atoms with E-state index >= 15 is 0 Å². The predicted octanol–water partition coefficient (Wildman–Crippen LogP) is 4.32. The molecule has 0 aromatic heterocycles. The van der Waals surface area contributed by atoms with E-state index in [1.807, 2.05) is 30.3 Å². The highest BCUT2D eigenvalue weighted by molar-refractivity contribution is 5.93. The molecule has 224 valence electrons. The van der Waals surface area contributed by atoms with Gasteiger partial charge in [0.25, 0.3) is 0 Å². The normalized spacial score (nSPS) is 12.6. The highest BCUT2D eigenvalue weighted by atomic mass is 16.6. The molecular formula is C33H41N3O6. The molecule has 2 aromatic rings. The van der Waals surface area contributed by atoms with E-state index in [-0.39, 0.29) is 13.0 Å². The number of carbonyl (C=O) groups is 4. The molecule has 0 spiro atoms. The molecule has 0 aliphatic heterocycles. The van der Waals surface area contributed by atoms with Gasteiger partial charge in [-0.25, -0.2) is 9.59 Å². The van der Waals surface area contributed by atoms with Crippen LogP contribution in [0.4, 0.5) is 4.79 Å². The van der Waals surface area contributed by atoms with Gasteiger partial charge in [0.15, 0.2) is 0 Å². The first kappa shape index (κ1) is 33.6. The maximum absolute atomic E-state index is 14.1. The third-order valence-corrected chi connectivity index (χ3v) is 5.69. The van der Waals surface area contributed by atoms with Crippen LogP contribution in [0.3, 0.4) is 0 Å². The Hall–Kier alpha value is -4.58. The van der Waals surface area contributed by atoms with Crippen LogP contribution in [0.1, 0.15) is 64.3 Å². The van der Waals surface area contributed by atoms with Crippen molar-refractivity contribution in [2.45, 2.75) is 71.2 Å². The van der Waals surface area contributed by atoms with E-state index in [1.165, 1.54) is 11.0 Å². The molecule has 0 aliphatic rings. The Morgan fingerprint density at radius 1 is 0.952 bits per heavy atom. The van der Waals surface area contributed by atoms with Gasteiger partial charge in [-0.15, -0.1) is 13.0 Å². The van der Waals surface area contributed by atoms with Crippen LogP contribution < -0.4 is 10.6 Å². The van der Waals surface area contributed by atoms with E-state index in [9.17, 15) is 19.2 Å². The highest BCUT2D eigenvalue weighted by Crippen LogP contribution is 2.26. The summed E-state index contributed by atoms with van der Waals surface area (Å²) in [5, 5.41) is 5.24. The Labute approximate surface area is 248 Å². The zero-order valence-electron chi connectivity index (χ0n) is 25.2. The number of amides is 3.